The summed E-state index contributed by atoms with van der Waals surface area (Å²) in [7, 11) is 0. The third-order valence-electron chi connectivity index (χ3n) is 9.83. The number of carbonyl (C=O) groups is 4. The number of allylic oxidation sites excluding steroid dienone is 2. The first-order valence-electron chi connectivity index (χ1n) is 14.7. The monoisotopic (exact) mass is 622 g/mol. The summed E-state index contributed by atoms with van der Waals surface area (Å²) in [6, 6.07) is 15.5. The summed E-state index contributed by atoms with van der Waals surface area (Å²) in [5.41, 5.74) is 1.52. The van der Waals surface area contributed by atoms with E-state index in [1.54, 1.807) is 19.1 Å². The van der Waals surface area contributed by atoms with Gasteiger partial charge in [-0.05, 0) is 55.0 Å². The lowest BCUT2D eigenvalue weighted by Crippen LogP contribution is -2.43. The van der Waals surface area contributed by atoms with E-state index in [0.717, 1.165) is 15.4 Å². The van der Waals surface area contributed by atoms with Gasteiger partial charge in [-0.25, -0.2) is 9.80 Å². The van der Waals surface area contributed by atoms with Gasteiger partial charge in [0, 0.05) is 30.2 Å². The number of aromatic hydroxyl groups is 1. The number of anilines is 2. The van der Waals surface area contributed by atoms with Crippen molar-refractivity contribution in [3.05, 3.63) is 110 Å². The zero-order chi connectivity index (χ0) is 32.6. The molecule has 3 fully saturated rings. The normalized spacial score (nSPS) is 26.8. The lowest BCUT2D eigenvalue weighted by molar-refractivity contribution is -0.385. The predicted octanol–water partition coefficient (Wildman–Crippen LogP) is 4.56. The van der Waals surface area contributed by atoms with Gasteiger partial charge in [-0.3, -0.25) is 39.4 Å². The largest absolute Gasteiger partial charge is 0.508 e. The van der Waals surface area contributed by atoms with Crippen molar-refractivity contribution in [1.29, 1.82) is 0 Å². The molecule has 0 bridgehead atoms. The molecule has 4 amide bonds. The van der Waals surface area contributed by atoms with Gasteiger partial charge in [0.15, 0.2) is 0 Å². The number of nitrogens with zero attached hydrogens (tertiary/aromatic N) is 4. The van der Waals surface area contributed by atoms with Gasteiger partial charge in [-0.15, -0.1) is 0 Å². The minimum Gasteiger partial charge on any atom is -0.508 e. The molecule has 0 spiro atoms. The molecule has 2 saturated heterocycles. The van der Waals surface area contributed by atoms with Crippen LogP contribution in [0, 0.1) is 56.7 Å². The van der Waals surface area contributed by atoms with Gasteiger partial charge < -0.3 is 5.11 Å². The SMILES string of the molecule is Cc1cc([C@H]2C3=CC[C@@H]4C(=O)N(c5cccc([N+](=O)[O-])c5)C(=O)[C@@H]4[C@@H]3C[C@H]3C(=O)N(c4cccc([N+](=O)[O-])c4)C(=O)[C@@H]23)ccc1O. The van der Waals surface area contributed by atoms with Crippen LogP contribution in [0.2, 0.25) is 0 Å². The molecule has 232 valence electrons. The summed E-state index contributed by atoms with van der Waals surface area (Å²) in [5.74, 6) is -6.78. The van der Waals surface area contributed by atoms with Crippen LogP contribution >= 0.6 is 0 Å². The first kappa shape index (κ1) is 29.0. The van der Waals surface area contributed by atoms with Crippen LogP contribution in [0.5, 0.6) is 5.75 Å². The summed E-state index contributed by atoms with van der Waals surface area (Å²) < 4.78 is 0. The number of benzene rings is 3. The molecule has 3 aromatic carbocycles. The number of phenolic OH excluding ortho intramolecular Hbond substituents is 1. The van der Waals surface area contributed by atoms with Gasteiger partial charge in [0.2, 0.25) is 23.6 Å². The standard InChI is InChI=1S/C33H26N4O9/c1-16-12-17(8-11-26(16)38)27-22-9-10-23-28(32(41)34(30(23)39)18-4-2-6-20(13-18)36(43)44)24(22)15-25-29(27)33(42)35(31(25)40)19-5-3-7-21(14-19)37(45)46/h2-9,11-14,23-25,27-29,38H,10,15H2,1H3/t23-,24+,25+,27-,28-,29+/m0/s1. The number of non-ortho nitro benzene ring substituents is 2. The lowest BCUT2D eigenvalue weighted by Gasteiger charge is -2.44. The third kappa shape index (κ3) is 4.22. The Bertz CT molecular complexity index is 1940. The number of imide groups is 2. The Labute approximate surface area is 261 Å². The van der Waals surface area contributed by atoms with Crippen molar-refractivity contribution < 1.29 is 34.1 Å². The highest BCUT2D eigenvalue weighted by atomic mass is 16.6. The van der Waals surface area contributed by atoms with E-state index in [1.165, 1.54) is 54.6 Å². The van der Waals surface area contributed by atoms with E-state index >= 15 is 0 Å². The Hall–Kier alpha value is -5.72. The van der Waals surface area contributed by atoms with E-state index in [2.05, 4.69) is 0 Å². The Morgan fingerprint density at radius 1 is 0.717 bits per heavy atom. The van der Waals surface area contributed by atoms with E-state index in [9.17, 15) is 44.5 Å². The molecule has 2 heterocycles. The van der Waals surface area contributed by atoms with Crippen LogP contribution in [0.15, 0.2) is 78.4 Å². The number of fused-ring (bicyclic) bond motifs is 4. The molecule has 0 radical (unpaired) electrons. The Morgan fingerprint density at radius 2 is 1.28 bits per heavy atom. The first-order chi connectivity index (χ1) is 22.0. The smallest absolute Gasteiger partial charge is 0.271 e. The lowest BCUT2D eigenvalue weighted by atomic mass is 9.57. The van der Waals surface area contributed by atoms with Gasteiger partial charge in [0.05, 0.1) is 44.9 Å². The van der Waals surface area contributed by atoms with Crippen LogP contribution in [-0.4, -0.2) is 38.6 Å². The van der Waals surface area contributed by atoms with Crippen molar-refractivity contribution in [2.75, 3.05) is 9.80 Å². The number of carbonyl (C=O) groups excluding carboxylic acids is 4. The van der Waals surface area contributed by atoms with Crippen molar-refractivity contribution in [3.63, 3.8) is 0 Å². The van der Waals surface area contributed by atoms with Crippen LogP contribution in [-0.2, 0) is 19.2 Å². The van der Waals surface area contributed by atoms with Crippen molar-refractivity contribution in [2.24, 2.45) is 29.6 Å². The van der Waals surface area contributed by atoms with Crippen molar-refractivity contribution in [3.8, 4) is 5.75 Å². The Balaban J connectivity index is 1.33. The molecule has 13 heteroatoms. The maximum atomic E-state index is 14.2. The third-order valence-corrected chi connectivity index (χ3v) is 9.83. The summed E-state index contributed by atoms with van der Waals surface area (Å²) >= 11 is 0. The van der Waals surface area contributed by atoms with E-state index < -0.39 is 69.0 Å². The fourth-order valence-electron chi connectivity index (χ4n) is 7.84. The number of hydrogen-bond donors (Lipinski definition) is 1. The zero-order valence-electron chi connectivity index (χ0n) is 24.3. The van der Waals surface area contributed by atoms with Crippen LogP contribution in [0.4, 0.5) is 22.7 Å². The minimum absolute atomic E-state index is 0.0431. The Kier molecular flexibility index (Phi) is 6.58. The molecule has 0 unspecified atom stereocenters. The molecule has 3 aromatic rings. The molecule has 46 heavy (non-hydrogen) atoms. The van der Waals surface area contributed by atoms with E-state index in [4.69, 9.17) is 0 Å². The summed E-state index contributed by atoms with van der Waals surface area (Å²) in [6.45, 7) is 1.70. The maximum Gasteiger partial charge on any atom is 0.271 e. The number of amides is 4. The minimum atomic E-state index is -0.901. The number of aryl methyl sites for hydroxylation is 1. The number of phenols is 1. The summed E-state index contributed by atoms with van der Waals surface area (Å²) in [6.07, 6.45) is 2.14. The summed E-state index contributed by atoms with van der Waals surface area (Å²) in [5, 5.41) is 33.2. The first-order valence-corrected chi connectivity index (χ1v) is 14.7. The average molecular weight is 623 g/mol. The number of nitro benzene ring substituents is 2. The van der Waals surface area contributed by atoms with E-state index in [0.29, 0.717) is 11.1 Å². The van der Waals surface area contributed by atoms with Gasteiger partial charge in [-0.2, -0.15) is 0 Å². The van der Waals surface area contributed by atoms with Crippen molar-refractivity contribution in [2.45, 2.75) is 25.7 Å². The maximum absolute atomic E-state index is 14.2. The molecule has 1 N–H and O–H groups in total. The fraction of sp³-hybridized carbons (Fsp3) is 0.273. The van der Waals surface area contributed by atoms with E-state index in [-0.39, 0.29) is 41.3 Å². The molecule has 1 saturated carbocycles. The fourth-order valence-corrected chi connectivity index (χ4v) is 7.84. The van der Waals surface area contributed by atoms with Crippen LogP contribution in [0.25, 0.3) is 0 Å². The molecular weight excluding hydrogens is 596 g/mol. The molecule has 0 aromatic heterocycles. The van der Waals surface area contributed by atoms with Gasteiger partial charge in [0.25, 0.3) is 11.4 Å². The molecule has 4 aliphatic rings. The highest BCUT2D eigenvalue weighted by molar-refractivity contribution is 6.24. The quantitative estimate of drug-likeness (QED) is 0.185. The van der Waals surface area contributed by atoms with E-state index in [1.807, 2.05) is 6.08 Å². The number of hydrogen-bond acceptors (Lipinski definition) is 9. The molecule has 2 aliphatic heterocycles. The topological polar surface area (TPSA) is 181 Å². The predicted molar refractivity (Wildman–Crippen MR) is 162 cm³/mol. The molecular formula is C33H26N4O9. The highest BCUT2D eigenvalue weighted by Crippen LogP contribution is 2.58. The van der Waals surface area contributed by atoms with Crippen molar-refractivity contribution in [1.82, 2.24) is 0 Å². The summed E-state index contributed by atoms with van der Waals surface area (Å²) in [4.78, 5) is 79.7. The van der Waals surface area contributed by atoms with Crippen LogP contribution in [0.1, 0.15) is 29.9 Å². The van der Waals surface area contributed by atoms with Crippen LogP contribution < -0.4 is 9.80 Å². The van der Waals surface area contributed by atoms with Gasteiger partial charge >= 0.3 is 0 Å². The van der Waals surface area contributed by atoms with Gasteiger partial charge in [0.1, 0.15) is 5.75 Å². The Morgan fingerprint density at radius 3 is 1.85 bits per heavy atom. The number of nitro groups is 2. The molecule has 2 aliphatic carbocycles. The van der Waals surface area contributed by atoms with Gasteiger partial charge in [-0.1, -0.05) is 35.9 Å². The molecule has 6 atom stereocenters. The second kappa shape index (κ2) is 10.4. The number of rotatable bonds is 5. The van der Waals surface area contributed by atoms with Crippen LogP contribution in [0.3, 0.4) is 0 Å². The molecule has 7 rings (SSSR count). The second-order valence-electron chi connectivity index (χ2n) is 12.1. The zero-order valence-corrected chi connectivity index (χ0v) is 24.3. The van der Waals surface area contributed by atoms with Crippen molar-refractivity contribution >= 4 is 46.4 Å². The average Bonchev–Trinajstić information content (AvgIpc) is 3.45. The second-order valence-corrected chi connectivity index (χ2v) is 12.1. The molecule has 13 nitrogen and oxygen atoms in total. The highest BCUT2D eigenvalue weighted by Gasteiger charge is 2.62.